The molecule has 0 spiro atoms. The Bertz CT molecular complexity index is 2840. The smallest absolute Gasteiger partial charge is 0.215 e. The quantitative estimate of drug-likeness (QED) is 0.129. The molecule has 0 saturated heterocycles. The van der Waals surface area contributed by atoms with E-state index in [2.05, 4.69) is 65.0 Å². The number of fused-ring (bicyclic) bond motifs is 4. The van der Waals surface area contributed by atoms with E-state index in [0.717, 1.165) is 95.5 Å². The van der Waals surface area contributed by atoms with E-state index >= 15 is 0 Å². The first-order valence-electron chi connectivity index (χ1n) is 19.8. The number of aromatic nitrogens is 4. The molecule has 8 rings (SSSR count). The van der Waals surface area contributed by atoms with Gasteiger partial charge in [-0.2, -0.15) is 0 Å². The largest absolute Gasteiger partial charge is 0.493 e. The van der Waals surface area contributed by atoms with Gasteiger partial charge in [-0.05, 0) is 95.8 Å². The molecule has 4 heterocycles. The SMILES string of the molecule is CCCc1nc(O)c(Cc2ccc3nc(C)ccc3c2)c2cc(OC)c(OC)cc12.COc1cc2c(C(C)C)nc(O)c(Cc3cnc4ccccc4c3)c2cc1OC.Cl.Cl.Cl.Cl. The van der Waals surface area contributed by atoms with Gasteiger partial charge in [-0.1, -0.05) is 57.5 Å². The standard InChI is InChI=1S/C25H26N2O3.C24H24N2O3.4ClH/c1-5-6-22-19-14-24(30-4)23(29-3)13-18(19)20(25(28)27-22)12-16-8-10-21-17(11-16)9-7-15(2)26-21;1-14(2)23-18-12-22(29-4)21(28-3)11-17(18)19(24(27)26-23)10-15-9-16-7-5-6-8-20(16)25-13-15;;;;/h7-11,13-14H,5-6,12H2,1-4H3,(H,27,28);5-9,11-14H,10H2,1-4H3,(H,26,27);4*1H. The Kier molecular flexibility index (Phi) is 18.7. The summed E-state index contributed by atoms with van der Waals surface area (Å²) in [7, 11) is 6.48. The van der Waals surface area contributed by atoms with Gasteiger partial charge in [0.2, 0.25) is 11.8 Å². The van der Waals surface area contributed by atoms with E-state index in [0.29, 0.717) is 35.8 Å². The van der Waals surface area contributed by atoms with Crippen molar-refractivity contribution < 1.29 is 29.2 Å². The maximum absolute atomic E-state index is 10.8. The lowest BCUT2D eigenvalue weighted by Crippen LogP contribution is -2.02. The Morgan fingerprint density at radius 1 is 0.556 bits per heavy atom. The van der Waals surface area contributed by atoms with Gasteiger partial charge in [0.1, 0.15) is 0 Å². The van der Waals surface area contributed by atoms with E-state index < -0.39 is 0 Å². The molecule has 0 atom stereocenters. The second-order valence-corrected chi connectivity index (χ2v) is 14.9. The lowest BCUT2D eigenvalue weighted by Gasteiger charge is -2.17. The molecule has 0 aliphatic heterocycles. The van der Waals surface area contributed by atoms with Crippen molar-refractivity contribution in [2.24, 2.45) is 0 Å². The summed E-state index contributed by atoms with van der Waals surface area (Å²) in [4.78, 5) is 18.2. The molecule has 0 bridgehead atoms. The van der Waals surface area contributed by atoms with Crippen LogP contribution in [-0.4, -0.2) is 58.6 Å². The average molecular weight is 937 g/mol. The highest BCUT2D eigenvalue weighted by atomic mass is 35.5. The summed E-state index contributed by atoms with van der Waals surface area (Å²) >= 11 is 0. The van der Waals surface area contributed by atoms with E-state index in [9.17, 15) is 10.2 Å². The molecule has 0 aliphatic carbocycles. The zero-order chi connectivity index (χ0) is 41.8. The van der Waals surface area contributed by atoms with Gasteiger partial charge in [-0.3, -0.25) is 9.97 Å². The van der Waals surface area contributed by atoms with E-state index in [1.165, 1.54) is 0 Å². The second kappa shape index (κ2) is 22.7. The van der Waals surface area contributed by atoms with Crippen LogP contribution in [0.2, 0.25) is 0 Å². The van der Waals surface area contributed by atoms with Gasteiger partial charge in [0.05, 0.1) is 50.9 Å². The van der Waals surface area contributed by atoms with Crippen LogP contribution in [0.15, 0.2) is 91.1 Å². The maximum Gasteiger partial charge on any atom is 0.215 e. The molecular formula is C49H54Cl4N4O6. The van der Waals surface area contributed by atoms with Crippen LogP contribution in [0, 0.1) is 6.92 Å². The number of aromatic hydroxyl groups is 2. The first-order chi connectivity index (χ1) is 28.5. The fourth-order valence-electron chi connectivity index (χ4n) is 7.67. The monoisotopic (exact) mass is 934 g/mol. The summed E-state index contributed by atoms with van der Waals surface area (Å²) in [5, 5.41) is 27.6. The third-order valence-corrected chi connectivity index (χ3v) is 10.6. The van der Waals surface area contributed by atoms with Crippen molar-refractivity contribution in [3.8, 4) is 34.8 Å². The number of para-hydroxylation sites is 1. The van der Waals surface area contributed by atoms with Crippen LogP contribution in [-0.2, 0) is 19.3 Å². The lowest BCUT2D eigenvalue weighted by molar-refractivity contribution is 0.355. The predicted octanol–water partition coefficient (Wildman–Crippen LogP) is 12.3. The molecular weight excluding hydrogens is 882 g/mol. The number of methoxy groups -OCH3 is 4. The molecule has 0 fully saturated rings. The molecule has 0 radical (unpaired) electrons. The summed E-state index contributed by atoms with van der Waals surface area (Å²) in [6, 6.07) is 28.2. The molecule has 334 valence electrons. The first kappa shape index (κ1) is 51.8. The molecule has 0 saturated carbocycles. The summed E-state index contributed by atoms with van der Waals surface area (Å²) in [5.74, 6) is 2.83. The Hall–Kier alpha value is -5.52. The van der Waals surface area contributed by atoms with Crippen LogP contribution in [0.4, 0.5) is 0 Å². The molecule has 0 aliphatic rings. The molecule has 4 aromatic heterocycles. The van der Waals surface area contributed by atoms with Crippen LogP contribution < -0.4 is 18.9 Å². The summed E-state index contributed by atoms with van der Waals surface area (Å²) in [6.07, 6.45) is 4.64. The van der Waals surface area contributed by atoms with Crippen molar-refractivity contribution in [2.45, 2.75) is 59.3 Å². The van der Waals surface area contributed by atoms with Gasteiger partial charge in [0.25, 0.3) is 0 Å². The van der Waals surface area contributed by atoms with Crippen molar-refractivity contribution in [3.05, 3.63) is 130 Å². The third-order valence-electron chi connectivity index (χ3n) is 10.6. The number of halogens is 4. The third kappa shape index (κ3) is 11.0. The van der Waals surface area contributed by atoms with E-state index in [1.807, 2.05) is 73.8 Å². The molecule has 14 heteroatoms. The molecule has 10 nitrogen and oxygen atoms in total. The van der Waals surface area contributed by atoms with E-state index in [4.69, 9.17) is 18.9 Å². The van der Waals surface area contributed by atoms with Gasteiger partial charge in [0.15, 0.2) is 23.0 Å². The summed E-state index contributed by atoms with van der Waals surface area (Å²) in [6.45, 7) is 8.21. The molecule has 8 aromatic rings. The minimum absolute atomic E-state index is 0. The highest BCUT2D eigenvalue weighted by Crippen LogP contribution is 2.41. The Morgan fingerprint density at radius 3 is 1.68 bits per heavy atom. The number of rotatable bonds is 11. The first-order valence-corrected chi connectivity index (χ1v) is 19.8. The van der Waals surface area contributed by atoms with Crippen molar-refractivity contribution in [3.63, 3.8) is 0 Å². The Labute approximate surface area is 393 Å². The normalized spacial score (nSPS) is 10.6. The van der Waals surface area contributed by atoms with Crippen LogP contribution in [0.3, 0.4) is 0 Å². The van der Waals surface area contributed by atoms with Crippen LogP contribution in [0.25, 0.3) is 43.4 Å². The molecule has 0 amide bonds. The number of pyridine rings is 4. The van der Waals surface area contributed by atoms with Crippen molar-refractivity contribution >= 4 is 93.0 Å². The lowest BCUT2D eigenvalue weighted by atomic mass is 9.95. The van der Waals surface area contributed by atoms with Crippen molar-refractivity contribution in [1.82, 2.24) is 19.9 Å². The average Bonchev–Trinajstić information content (AvgIpc) is 3.25. The van der Waals surface area contributed by atoms with Crippen LogP contribution >= 0.6 is 49.6 Å². The number of hydrogen-bond donors (Lipinski definition) is 2. The Morgan fingerprint density at radius 2 is 1.08 bits per heavy atom. The minimum Gasteiger partial charge on any atom is -0.493 e. The summed E-state index contributed by atoms with van der Waals surface area (Å²) in [5.41, 5.74) is 8.24. The van der Waals surface area contributed by atoms with Crippen molar-refractivity contribution in [2.75, 3.05) is 28.4 Å². The second-order valence-electron chi connectivity index (χ2n) is 14.9. The topological polar surface area (TPSA) is 129 Å². The van der Waals surface area contributed by atoms with Gasteiger partial charge in [-0.25, -0.2) is 9.97 Å². The molecule has 0 unspecified atom stereocenters. The number of benzene rings is 4. The minimum atomic E-state index is 0. The highest BCUT2D eigenvalue weighted by Gasteiger charge is 2.20. The number of ether oxygens (including phenoxy) is 4. The number of hydrogen-bond acceptors (Lipinski definition) is 10. The van der Waals surface area contributed by atoms with Gasteiger partial charge >= 0.3 is 0 Å². The van der Waals surface area contributed by atoms with Crippen LogP contribution in [0.1, 0.15) is 72.4 Å². The molecule has 2 N–H and O–H groups in total. The van der Waals surface area contributed by atoms with E-state index in [-0.39, 0.29) is 67.3 Å². The fourth-order valence-corrected chi connectivity index (χ4v) is 7.67. The van der Waals surface area contributed by atoms with Gasteiger partial charge in [-0.15, -0.1) is 49.6 Å². The predicted molar refractivity (Wildman–Crippen MR) is 264 cm³/mol. The van der Waals surface area contributed by atoms with Gasteiger partial charge < -0.3 is 29.2 Å². The Balaban J connectivity index is 0.000000315. The number of nitrogens with zero attached hydrogens (tertiary/aromatic N) is 4. The van der Waals surface area contributed by atoms with E-state index in [1.54, 1.807) is 28.4 Å². The number of aryl methyl sites for hydroxylation is 2. The van der Waals surface area contributed by atoms with Crippen LogP contribution in [0.5, 0.6) is 34.8 Å². The maximum atomic E-state index is 10.8. The fraction of sp³-hybridized carbons (Fsp3) is 0.265. The van der Waals surface area contributed by atoms with Crippen molar-refractivity contribution in [1.29, 1.82) is 0 Å². The van der Waals surface area contributed by atoms with Gasteiger partial charge in [0, 0.05) is 57.4 Å². The zero-order valence-electron chi connectivity index (χ0n) is 36.5. The zero-order valence-corrected chi connectivity index (χ0v) is 39.8. The molecule has 4 aromatic carbocycles. The molecule has 63 heavy (non-hydrogen) atoms. The summed E-state index contributed by atoms with van der Waals surface area (Å²) < 4.78 is 22.0. The highest BCUT2D eigenvalue weighted by molar-refractivity contribution is 5.94.